The molecular formula is C34H36ClN5O7. The maximum absolute atomic E-state index is 13.9. The van der Waals surface area contributed by atoms with E-state index >= 15 is 0 Å². The Bertz CT molecular complexity index is 1830. The Kier molecular flexibility index (Phi) is 8.52. The molecule has 0 amide bonds. The third-order valence-corrected chi connectivity index (χ3v) is 9.79. The number of pyridine rings is 1. The Hall–Kier alpha value is -4.23. The molecule has 2 aromatic carbocycles. The lowest BCUT2D eigenvalue weighted by molar-refractivity contribution is -0.0592. The number of carboxylic acid groups (broad SMARTS) is 1. The molecule has 3 aliphatic rings. The first-order valence-electron chi connectivity index (χ1n) is 15.7. The van der Waals surface area contributed by atoms with E-state index in [1.54, 1.807) is 31.2 Å². The van der Waals surface area contributed by atoms with Crippen molar-refractivity contribution in [3.63, 3.8) is 0 Å². The van der Waals surface area contributed by atoms with Gasteiger partial charge in [-0.05, 0) is 49.7 Å². The van der Waals surface area contributed by atoms with Crippen LogP contribution < -0.4 is 9.64 Å². The summed E-state index contributed by atoms with van der Waals surface area (Å²) in [5.74, 6) is -0.744. The molecule has 0 saturated carbocycles. The van der Waals surface area contributed by atoms with Crippen LogP contribution in [0, 0.1) is 0 Å². The maximum Gasteiger partial charge on any atom is 0.335 e. The normalized spacial score (nSPS) is 21.8. The van der Waals surface area contributed by atoms with Crippen molar-refractivity contribution in [2.45, 2.75) is 50.5 Å². The minimum absolute atomic E-state index is 0.0194. The van der Waals surface area contributed by atoms with Crippen LogP contribution in [0.2, 0.25) is 5.02 Å². The van der Waals surface area contributed by atoms with Gasteiger partial charge >= 0.3 is 5.97 Å². The van der Waals surface area contributed by atoms with E-state index in [1.165, 1.54) is 25.4 Å². The number of carbonyl (C=O) groups is 2. The lowest BCUT2D eigenvalue weighted by Gasteiger charge is -2.45. The zero-order valence-corrected chi connectivity index (χ0v) is 26.9. The lowest BCUT2D eigenvalue weighted by atomic mass is 9.92. The van der Waals surface area contributed by atoms with Gasteiger partial charge in [0.05, 0.1) is 90.6 Å². The lowest BCUT2D eigenvalue weighted by Crippen LogP contribution is -2.59. The number of methoxy groups -OCH3 is 1. The number of ketones is 1. The van der Waals surface area contributed by atoms with Crippen LogP contribution in [0.4, 0.5) is 5.69 Å². The average molecular weight is 662 g/mol. The second-order valence-electron chi connectivity index (χ2n) is 12.3. The Morgan fingerprint density at radius 2 is 1.96 bits per heavy atom. The van der Waals surface area contributed by atoms with E-state index in [-0.39, 0.29) is 40.8 Å². The third kappa shape index (κ3) is 5.80. The van der Waals surface area contributed by atoms with Gasteiger partial charge in [0.25, 0.3) is 0 Å². The number of aromatic hydroxyl groups is 1. The predicted octanol–water partition coefficient (Wildman–Crippen LogP) is 4.36. The van der Waals surface area contributed by atoms with Crippen molar-refractivity contribution in [3.05, 3.63) is 76.3 Å². The molecule has 12 nitrogen and oxygen atoms in total. The summed E-state index contributed by atoms with van der Waals surface area (Å²) in [6.07, 6.45) is 2.46. The SMILES string of the molecule is COc1cc(C(=O)O)cc2c1nc(CN1CCN(c3cccc(O)c3C(=O)C(C)c3ccc(Cl)cn3)C3COCC31)n2CC1CCO1. The van der Waals surface area contributed by atoms with Gasteiger partial charge in [0, 0.05) is 25.9 Å². The number of anilines is 1. The number of ether oxygens (including phenoxy) is 3. The number of hydrogen-bond donors (Lipinski definition) is 2. The monoisotopic (exact) mass is 661 g/mol. The highest BCUT2D eigenvalue weighted by Crippen LogP contribution is 2.38. The first-order valence-corrected chi connectivity index (χ1v) is 16.1. The number of piperazine rings is 1. The number of phenolic OH excluding ortho intramolecular Hbond substituents is 1. The fourth-order valence-corrected chi connectivity index (χ4v) is 7.02. The van der Waals surface area contributed by atoms with Gasteiger partial charge in [-0.25, -0.2) is 9.78 Å². The van der Waals surface area contributed by atoms with Crippen molar-refractivity contribution in [2.75, 3.05) is 44.9 Å². The molecule has 4 aromatic rings. The Morgan fingerprint density at radius 1 is 1.15 bits per heavy atom. The van der Waals surface area contributed by atoms with E-state index in [4.69, 9.17) is 30.8 Å². The standard InChI is InChI=1S/C34H36ClN5O7/c1-19(23-7-6-21(35)14-36-23)33(42)31-24(4-3-5-28(31)41)39-10-9-38(26-17-46-18-27(26)39)16-30-37-32-25(40(30)15-22-8-11-47-22)12-20(34(43)44)13-29(32)45-2/h3-7,12-14,19,22,26-27,41H,8-11,15-18H2,1-2H3,(H,43,44). The molecule has 3 fully saturated rings. The van der Waals surface area contributed by atoms with E-state index < -0.39 is 11.9 Å². The Labute approximate surface area is 276 Å². The van der Waals surface area contributed by atoms with Crippen LogP contribution in [0.3, 0.4) is 0 Å². The highest BCUT2D eigenvalue weighted by Gasteiger charge is 2.43. The fraction of sp³-hybridized carbons (Fsp3) is 0.412. The van der Waals surface area contributed by atoms with Crippen LogP contribution >= 0.6 is 11.6 Å². The number of nitrogens with zero attached hydrogens (tertiary/aromatic N) is 5. The molecule has 0 aliphatic carbocycles. The van der Waals surface area contributed by atoms with Crippen LogP contribution in [0.15, 0.2) is 48.7 Å². The summed E-state index contributed by atoms with van der Waals surface area (Å²) >= 11 is 6.02. The molecule has 3 saturated heterocycles. The first kappa shape index (κ1) is 31.4. The summed E-state index contributed by atoms with van der Waals surface area (Å²) in [6, 6.07) is 11.7. The molecule has 4 atom stereocenters. The number of rotatable bonds is 10. The van der Waals surface area contributed by atoms with Crippen LogP contribution in [0.1, 0.15) is 51.5 Å². The largest absolute Gasteiger partial charge is 0.507 e. The quantitative estimate of drug-likeness (QED) is 0.234. The Balaban J connectivity index is 1.19. The van der Waals surface area contributed by atoms with Crippen molar-refractivity contribution in [1.29, 1.82) is 0 Å². The second kappa shape index (κ2) is 12.8. The molecule has 0 spiro atoms. The van der Waals surface area contributed by atoms with E-state index in [2.05, 4.69) is 19.4 Å². The third-order valence-electron chi connectivity index (χ3n) is 9.57. The zero-order chi connectivity index (χ0) is 32.8. The van der Waals surface area contributed by atoms with Crippen LogP contribution in [0.25, 0.3) is 11.0 Å². The minimum Gasteiger partial charge on any atom is -0.507 e. The van der Waals surface area contributed by atoms with E-state index in [0.717, 1.165) is 12.2 Å². The molecular weight excluding hydrogens is 626 g/mol. The van der Waals surface area contributed by atoms with Crippen molar-refractivity contribution in [3.8, 4) is 11.5 Å². The number of carbonyl (C=O) groups excluding carboxylic acids is 1. The van der Waals surface area contributed by atoms with Gasteiger partial charge in [-0.2, -0.15) is 0 Å². The van der Waals surface area contributed by atoms with E-state index in [1.807, 2.05) is 6.07 Å². The minimum atomic E-state index is -1.04. The van der Waals surface area contributed by atoms with Crippen LogP contribution in [-0.4, -0.2) is 99.6 Å². The highest BCUT2D eigenvalue weighted by atomic mass is 35.5. The number of imidazole rings is 1. The van der Waals surface area contributed by atoms with Gasteiger partial charge in [0.1, 0.15) is 22.8 Å². The molecule has 5 heterocycles. The molecule has 47 heavy (non-hydrogen) atoms. The molecule has 2 aromatic heterocycles. The van der Waals surface area contributed by atoms with Crippen molar-refractivity contribution < 1.29 is 34.0 Å². The average Bonchev–Trinajstić information content (AvgIpc) is 3.67. The van der Waals surface area contributed by atoms with E-state index in [9.17, 15) is 19.8 Å². The number of halogens is 1. The van der Waals surface area contributed by atoms with E-state index in [0.29, 0.717) is 79.2 Å². The number of phenols is 1. The summed E-state index contributed by atoms with van der Waals surface area (Å²) in [5.41, 5.74) is 2.93. The number of aromatic carboxylic acids is 1. The number of carboxylic acids is 1. The molecule has 2 N–H and O–H groups in total. The molecule has 0 radical (unpaired) electrons. The van der Waals surface area contributed by atoms with Gasteiger partial charge in [-0.1, -0.05) is 17.7 Å². The van der Waals surface area contributed by atoms with Crippen LogP contribution in [-0.2, 0) is 22.6 Å². The van der Waals surface area contributed by atoms with Gasteiger partial charge in [0.15, 0.2) is 5.78 Å². The number of fused-ring (bicyclic) bond motifs is 2. The molecule has 3 aliphatic heterocycles. The highest BCUT2D eigenvalue weighted by molar-refractivity contribution is 6.30. The molecule has 7 rings (SSSR count). The molecule has 13 heteroatoms. The summed E-state index contributed by atoms with van der Waals surface area (Å²) in [5, 5.41) is 21.3. The van der Waals surface area contributed by atoms with Crippen molar-refractivity contribution in [1.82, 2.24) is 19.4 Å². The number of benzene rings is 2. The molecule has 246 valence electrons. The van der Waals surface area contributed by atoms with Crippen molar-refractivity contribution >= 4 is 40.1 Å². The first-order chi connectivity index (χ1) is 22.7. The number of aromatic nitrogens is 3. The molecule has 4 unspecified atom stereocenters. The van der Waals surface area contributed by atoms with Crippen molar-refractivity contribution in [2.24, 2.45) is 0 Å². The second-order valence-corrected chi connectivity index (χ2v) is 12.7. The summed E-state index contributed by atoms with van der Waals surface area (Å²) in [7, 11) is 1.51. The smallest absolute Gasteiger partial charge is 0.335 e. The summed E-state index contributed by atoms with van der Waals surface area (Å²) in [4.78, 5) is 39.7. The topological polar surface area (TPSA) is 139 Å². The number of Topliss-reactive ketones (excluding diaryl/α,β-unsaturated/α-hetero) is 1. The molecule has 0 bridgehead atoms. The predicted molar refractivity (Wildman–Crippen MR) is 174 cm³/mol. The van der Waals surface area contributed by atoms with Gasteiger partial charge in [-0.3, -0.25) is 14.7 Å². The Morgan fingerprint density at radius 3 is 2.66 bits per heavy atom. The maximum atomic E-state index is 13.9. The fourth-order valence-electron chi connectivity index (χ4n) is 6.91. The van der Waals surface area contributed by atoms with Gasteiger partial charge < -0.3 is 33.9 Å². The number of hydrogen-bond acceptors (Lipinski definition) is 10. The van der Waals surface area contributed by atoms with Gasteiger partial charge in [0.2, 0.25) is 0 Å². The van der Waals surface area contributed by atoms with Gasteiger partial charge in [-0.15, -0.1) is 0 Å². The summed E-state index contributed by atoms with van der Waals surface area (Å²) in [6.45, 7) is 5.71. The zero-order valence-electron chi connectivity index (χ0n) is 26.1. The van der Waals surface area contributed by atoms with Crippen LogP contribution in [0.5, 0.6) is 11.5 Å². The summed E-state index contributed by atoms with van der Waals surface area (Å²) < 4.78 is 19.4.